The molecule has 0 saturated heterocycles. The molecule has 1 aliphatic heterocycles. The maximum Gasteiger partial charge on any atom is 0.0212 e. The van der Waals surface area contributed by atoms with Gasteiger partial charge in [0.1, 0.15) is 0 Å². The van der Waals surface area contributed by atoms with Gasteiger partial charge in [0.2, 0.25) is 0 Å². The van der Waals surface area contributed by atoms with Crippen LogP contribution in [0.2, 0.25) is 0 Å². The Morgan fingerprint density at radius 3 is 2.45 bits per heavy atom. The molecular weight excluding hydrogens is 480 g/mol. The van der Waals surface area contributed by atoms with Gasteiger partial charge < -0.3 is 11.5 Å². The lowest BCUT2D eigenvalue weighted by Crippen LogP contribution is -2.27. The van der Waals surface area contributed by atoms with Crippen LogP contribution in [0.1, 0.15) is 71.4 Å². The zero-order chi connectivity index (χ0) is 27.2. The summed E-state index contributed by atoms with van der Waals surface area (Å²) >= 11 is 2.08. The first-order valence-corrected chi connectivity index (χ1v) is 15.2. The Labute approximate surface area is 235 Å². The molecule has 2 aromatic carbocycles. The molecule has 2 aliphatic rings. The van der Waals surface area contributed by atoms with E-state index in [0.29, 0.717) is 42.0 Å². The highest BCUT2D eigenvalue weighted by Gasteiger charge is 2.38. The van der Waals surface area contributed by atoms with E-state index >= 15 is 0 Å². The lowest BCUT2D eigenvalue weighted by molar-refractivity contribution is 0.528. The average Bonchev–Trinajstić information content (AvgIpc) is 3.24. The molecule has 3 heteroatoms. The van der Waals surface area contributed by atoms with Crippen LogP contribution in [0.25, 0.3) is 16.3 Å². The molecule has 0 spiro atoms. The smallest absolute Gasteiger partial charge is 0.0212 e. The van der Waals surface area contributed by atoms with E-state index in [1.807, 2.05) is 0 Å². The van der Waals surface area contributed by atoms with E-state index in [1.165, 1.54) is 32.4 Å². The Hall–Kier alpha value is -2.43. The first-order chi connectivity index (χ1) is 18.4. The third-order valence-electron chi connectivity index (χ3n) is 8.10. The molecule has 0 fully saturated rings. The van der Waals surface area contributed by atoms with Crippen LogP contribution in [0.5, 0.6) is 0 Å². The summed E-state index contributed by atoms with van der Waals surface area (Å²) in [6.45, 7) is 13.1. The first-order valence-electron chi connectivity index (χ1n) is 14.3. The number of rotatable bonds is 6. The molecule has 0 bridgehead atoms. The van der Waals surface area contributed by atoms with E-state index in [-0.39, 0.29) is 0 Å². The Kier molecular flexibility index (Phi) is 9.84. The molecule has 38 heavy (non-hydrogen) atoms. The van der Waals surface area contributed by atoms with Crippen LogP contribution >= 0.6 is 11.8 Å². The molecule has 5 atom stereocenters. The highest BCUT2D eigenvalue weighted by atomic mass is 32.2. The predicted molar refractivity (Wildman–Crippen MR) is 167 cm³/mol. The highest BCUT2D eigenvalue weighted by molar-refractivity contribution is 8.03. The summed E-state index contributed by atoms with van der Waals surface area (Å²) in [7, 11) is 0. The van der Waals surface area contributed by atoms with Gasteiger partial charge in [0.25, 0.3) is 0 Å². The molecule has 0 amide bonds. The largest absolute Gasteiger partial charge is 0.330 e. The topological polar surface area (TPSA) is 52.0 Å². The van der Waals surface area contributed by atoms with Gasteiger partial charge in [-0.25, -0.2) is 0 Å². The molecule has 0 saturated carbocycles. The van der Waals surface area contributed by atoms with Crippen molar-refractivity contribution in [1.29, 1.82) is 0 Å². The fourth-order valence-electron chi connectivity index (χ4n) is 6.37. The van der Waals surface area contributed by atoms with Crippen LogP contribution in [0.3, 0.4) is 0 Å². The average molecular weight is 525 g/mol. The van der Waals surface area contributed by atoms with Crippen molar-refractivity contribution in [1.82, 2.24) is 0 Å². The zero-order valence-corrected chi connectivity index (χ0v) is 24.7. The van der Waals surface area contributed by atoms with E-state index < -0.39 is 0 Å². The second-order valence-electron chi connectivity index (χ2n) is 11.2. The van der Waals surface area contributed by atoms with Crippen molar-refractivity contribution < 1.29 is 0 Å². The van der Waals surface area contributed by atoms with E-state index in [2.05, 4.69) is 106 Å². The van der Waals surface area contributed by atoms with Crippen molar-refractivity contribution in [2.75, 3.05) is 13.1 Å². The Morgan fingerprint density at radius 2 is 1.68 bits per heavy atom. The summed E-state index contributed by atoms with van der Waals surface area (Å²) in [5.41, 5.74) is 19.1. The quantitative estimate of drug-likeness (QED) is 0.383. The lowest BCUT2D eigenvalue weighted by Gasteiger charge is -2.38. The van der Waals surface area contributed by atoms with Crippen molar-refractivity contribution in [3.05, 3.63) is 63.6 Å². The van der Waals surface area contributed by atoms with Crippen LogP contribution in [0.4, 0.5) is 0 Å². The molecule has 200 valence electrons. The van der Waals surface area contributed by atoms with Crippen LogP contribution in [-0.2, 0) is 6.42 Å². The van der Waals surface area contributed by atoms with Crippen molar-refractivity contribution in [3.8, 4) is 23.7 Å². The van der Waals surface area contributed by atoms with Crippen LogP contribution in [0, 0.1) is 47.4 Å². The van der Waals surface area contributed by atoms with E-state index in [0.717, 1.165) is 32.1 Å². The first kappa shape index (κ1) is 28.6. The summed E-state index contributed by atoms with van der Waals surface area (Å²) in [4.78, 5) is 1.46. The minimum atomic E-state index is 0.357. The lowest BCUT2D eigenvalue weighted by atomic mass is 9.76. The minimum Gasteiger partial charge on any atom is -0.330 e. The number of hydrogen-bond acceptors (Lipinski definition) is 3. The van der Waals surface area contributed by atoms with E-state index in [9.17, 15) is 0 Å². The Bertz CT molecular complexity index is 1340. The SMILES string of the molecule is CC1=C([C@H](C)CC#CCCN)/C(=C2/c3c(ccc4ccccc34)CC2C)C(C)C(C[C@@H](C)C#CCCN)S1. The summed E-state index contributed by atoms with van der Waals surface area (Å²) < 4.78 is 0. The normalized spacial score (nSPS) is 24.3. The van der Waals surface area contributed by atoms with Gasteiger partial charge in [0.15, 0.2) is 0 Å². The maximum absolute atomic E-state index is 5.69. The Balaban J connectivity index is 1.86. The van der Waals surface area contributed by atoms with Crippen molar-refractivity contribution in [3.63, 3.8) is 0 Å². The van der Waals surface area contributed by atoms with Crippen molar-refractivity contribution in [2.24, 2.45) is 35.1 Å². The molecule has 4 N–H and O–H groups in total. The molecule has 3 unspecified atom stereocenters. The molecule has 1 aliphatic carbocycles. The van der Waals surface area contributed by atoms with Crippen LogP contribution < -0.4 is 11.5 Å². The van der Waals surface area contributed by atoms with Gasteiger partial charge in [0.05, 0.1) is 0 Å². The van der Waals surface area contributed by atoms with Gasteiger partial charge >= 0.3 is 0 Å². The molecule has 2 aromatic rings. The third kappa shape index (κ3) is 6.07. The predicted octanol–water partition coefficient (Wildman–Crippen LogP) is 7.57. The fourth-order valence-corrected chi connectivity index (χ4v) is 7.98. The second kappa shape index (κ2) is 13.1. The third-order valence-corrected chi connectivity index (χ3v) is 9.58. The van der Waals surface area contributed by atoms with Crippen LogP contribution in [0.15, 0.2) is 52.4 Å². The summed E-state index contributed by atoms with van der Waals surface area (Å²) in [6.07, 6.45) is 4.62. The monoisotopic (exact) mass is 524 g/mol. The number of nitrogens with two attached hydrogens (primary N) is 2. The summed E-state index contributed by atoms with van der Waals surface area (Å²) in [6, 6.07) is 13.6. The van der Waals surface area contributed by atoms with Gasteiger partial charge in [-0.15, -0.1) is 35.4 Å². The van der Waals surface area contributed by atoms with Gasteiger partial charge in [0, 0.05) is 43.5 Å². The molecule has 0 radical (unpaired) electrons. The number of allylic oxidation sites excluding steroid dienone is 4. The molecule has 4 rings (SSSR count). The van der Waals surface area contributed by atoms with E-state index in [4.69, 9.17) is 11.5 Å². The van der Waals surface area contributed by atoms with Gasteiger partial charge in [-0.05, 0) is 81.0 Å². The number of hydrogen-bond donors (Lipinski definition) is 2. The van der Waals surface area contributed by atoms with Crippen molar-refractivity contribution >= 4 is 28.1 Å². The summed E-state index contributed by atoms with van der Waals surface area (Å²) in [5, 5.41) is 3.23. The molecular formula is C35H44N2S. The number of thioether (sulfide) groups is 1. The highest BCUT2D eigenvalue weighted by Crippen LogP contribution is 2.54. The number of benzene rings is 2. The molecule has 1 heterocycles. The summed E-state index contributed by atoms with van der Waals surface area (Å²) in [5.74, 6) is 15.1. The van der Waals surface area contributed by atoms with E-state index in [1.54, 1.807) is 11.1 Å². The van der Waals surface area contributed by atoms with Gasteiger partial charge in [-0.2, -0.15) is 0 Å². The molecule has 2 nitrogen and oxygen atoms in total. The Morgan fingerprint density at radius 1 is 0.947 bits per heavy atom. The van der Waals surface area contributed by atoms with Crippen molar-refractivity contribution in [2.45, 2.75) is 72.0 Å². The molecule has 0 aromatic heterocycles. The van der Waals surface area contributed by atoms with Gasteiger partial charge in [-0.3, -0.25) is 0 Å². The van der Waals surface area contributed by atoms with Gasteiger partial charge in [-0.1, -0.05) is 64.1 Å². The second-order valence-corrected chi connectivity index (χ2v) is 12.6. The zero-order valence-electron chi connectivity index (χ0n) is 23.9. The standard InChI is InChI=1S/C35H44N2S/c1-23(13-10-12-20-37)21-31-26(4)34(32(27(5)38-31)24(2)14-7-6-11-19-36)33-25(3)22-29-18-17-28-15-8-9-16-30(28)35(29)33/h8-9,15-18,23-26,31H,11-12,14,19-22,36-37H2,1-5H3/b34-33+/t23-,24+,25?,26?,31?/m0/s1. The van der Waals surface area contributed by atoms with Crippen LogP contribution in [-0.4, -0.2) is 18.3 Å². The number of fused-ring (bicyclic) bond motifs is 3. The minimum absolute atomic E-state index is 0.357. The maximum atomic E-state index is 5.69. The fraction of sp³-hybridized carbons (Fsp3) is 0.486.